The van der Waals surface area contributed by atoms with Crippen LogP contribution in [0.4, 0.5) is 13.2 Å². The van der Waals surface area contributed by atoms with Gasteiger partial charge >= 0.3 is 18.1 Å². The number of alkyl halides is 3. The summed E-state index contributed by atoms with van der Waals surface area (Å²) in [5, 5.41) is 0. The first-order chi connectivity index (χ1) is 9.27. The molecular formula is C13H13F3O4. The molecule has 20 heavy (non-hydrogen) atoms. The zero-order valence-corrected chi connectivity index (χ0v) is 10.5. The van der Waals surface area contributed by atoms with Gasteiger partial charge in [-0.25, -0.2) is 4.79 Å². The lowest BCUT2D eigenvalue weighted by atomic mass is 9.81. The van der Waals surface area contributed by atoms with E-state index in [1.165, 1.54) is 0 Å². The van der Waals surface area contributed by atoms with Gasteiger partial charge in [-0.2, -0.15) is 13.2 Å². The van der Waals surface area contributed by atoms with Gasteiger partial charge in [0.05, 0.1) is 0 Å². The molecule has 0 aromatic carbocycles. The number of hydrogen-bond acceptors (Lipinski definition) is 4. The van der Waals surface area contributed by atoms with Gasteiger partial charge < -0.3 is 9.47 Å². The van der Waals surface area contributed by atoms with Crippen LogP contribution in [-0.2, 0) is 19.1 Å². The smallest absolute Gasteiger partial charge is 0.422 e. The highest BCUT2D eigenvalue weighted by molar-refractivity contribution is 5.89. The van der Waals surface area contributed by atoms with Crippen molar-refractivity contribution in [1.82, 2.24) is 0 Å². The average Bonchev–Trinajstić information content (AvgIpc) is 2.87. The Kier molecular flexibility index (Phi) is 2.85. The van der Waals surface area contributed by atoms with E-state index in [4.69, 9.17) is 9.47 Å². The second kappa shape index (κ2) is 4.23. The van der Waals surface area contributed by atoms with Crippen molar-refractivity contribution in [2.24, 2.45) is 17.8 Å². The van der Waals surface area contributed by atoms with Crippen LogP contribution in [0, 0.1) is 17.8 Å². The molecule has 0 spiro atoms. The number of esters is 2. The number of fused-ring (bicyclic) bond motifs is 1. The van der Waals surface area contributed by atoms with Gasteiger partial charge in [0.15, 0.2) is 0 Å². The van der Waals surface area contributed by atoms with Crippen LogP contribution in [0.2, 0.25) is 0 Å². The van der Waals surface area contributed by atoms with Gasteiger partial charge in [-0.1, -0.05) is 6.58 Å². The maximum absolute atomic E-state index is 12.4. The molecule has 4 nitrogen and oxygen atoms in total. The van der Waals surface area contributed by atoms with Crippen molar-refractivity contribution < 1.29 is 32.2 Å². The topological polar surface area (TPSA) is 52.6 Å². The highest BCUT2D eigenvalue weighted by Gasteiger charge is 2.59. The zero-order chi connectivity index (χ0) is 14.7. The Bertz CT molecular complexity index is 484. The van der Waals surface area contributed by atoms with Gasteiger partial charge in [-0.15, -0.1) is 0 Å². The molecular weight excluding hydrogens is 277 g/mol. The minimum atomic E-state index is -4.81. The van der Waals surface area contributed by atoms with Crippen LogP contribution in [0.25, 0.3) is 0 Å². The number of rotatable bonds is 2. The lowest BCUT2D eigenvalue weighted by molar-refractivity contribution is -0.186. The van der Waals surface area contributed by atoms with Crippen molar-refractivity contribution in [3.63, 3.8) is 0 Å². The number of carbonyl (C=O) groups excluding carboxylic acids is 2. The van der Waals surface area contributed by atoms with E-state index in [0.29, 0.717) is 12.8 Å². The molecule has 1 saturated heterocycles. The molecule has 1 aliphatic heterocycles. The maximum Gasteiger partial charge on any atom is 0.422 e. The summed E-state index contributed by atoms with van der Waals surface area (Å²) in [6, 6.07) is 0. The quantitative estimate of drug-likeness (QED) is 0.576. The summed E-state index contributed by atoms with van der Waals surface area (Å²) in [4.78, 5) is 22.9. The molecule has 2 bridgehead atoms. The fourth-order valence-electron chi connectivity index (χ4n) is 3.66. The third kappa shape index (κ3) is 1.99. The lowest BCUT2D eigenvalue weighted by Crippen LogP contribution is -2.47. The number of ether oxygens (including phenoxy) is 2. The summed E-state index contributed by atoms with van der Waals surface area (Å²) in [6.45, 7) is 2.72. The molecule has 1 heterocycles. The summed E-state index contributed by atoms with van der Waals surface area (Å²) in [7, 11) is 0. The lowest BCUT2D eigenvalue weighted by Gasteiger charge is -2.38. The zero-order valence-electron chi connectivity index (χ0n) is 10.5. The average molecular weight is 290 g/mol. The fraction of sp³-hybridized carbons (Fsp3) is 0.692. The molecule has 0 radical (unpaired) electrons. The Morgan fingerprint density at radius 3 is 2.65 bits per heavy atom. The SMILES string of the molecule is C=C(C(=O)OC1C2CC3CC(=O)OC1C3C2)C(F)(F)F. The van der Waals surface area contributed by atoms with E-state index in [1.54, 1.807) is 0 Å². The Hall–Kier alpha value is -1.53. The summed E-state index contributed by atoms with van der Waals surface area (Å²) in [5.74, 6) is -1.55. The first kappa shape index (κ1) is 13.5. The van der Waals surface area contributed by atoms with E-state index in [1.807, 2.05) is 0 Å². The van der Waals surface area contributed by atoms with Crippen molar-refractivity contribution in [2.75, 3.05) is 0 Å². The van der Waals surface area contributed by atoms with E-state index in [9.17, 15) is 22.8 Å². The van der Waals surface area contributed by atoms with E-state index in [2.05, 4.69) is 6.58 Å². The first-order valence-electron chi connectivity index (χ1n) is 6.44. The van der Waals surface area contributed by atoms with Gasteiger partial charge in [-0.3, -0.25) is 4.79 Å². The molecule has 3 fully saturated rings. The predicted octanol–water partition coefficient (Wildman–Crippen LogP) is 1.99. The maximum atomic E-state index is 12.4. The van der Waals surface area contributed by atoms with Gasteiger partial charge in [0, 0.05) is 18.3 Å². The van der Waals surface area contributed by atoms with Crippen molar-refractivity contribution in [2.45, 2.75) is 37.6 Å². The van der Waals surface area contributed by atoms with Crippen LogP contribution in [-0.4, -0.2) is 30.3 Å². The molecule has 3 rings (SSSR count). The Morgan fingerprint density at radius 2 is 2.00 bits per heavy atom. The third-order valence-corrected chi connectivity index (χ3v) is 4.52. The number of halogens is 3. The Morgan fingerprint density at radius 1 is 1.30 bits per heavy atom. The third-order valence-electron chi connectivity index (χ3n) is 4.52. The van der Waals surface area contributed by atoms with E-state index >= 15 is 0 Å². The highest BCUT2D eigenvalue weighted by atomic mass is 19.4. The standard InChI is InChI=1S/C13H13F3O4/c1-5(13(14,15)16)12(18)20-10-7-2-6-4-9(17)19-11(10)8(6)3-7/h6-8,10-11H,1-4H2. The van der Waals surface area contributed by atoms with Crippen molar-refractivity contribution in [3.05, 3.63) is 12.2 Å². The molecule has 7 heteroatoms. The molecule has 2 aliphatic carbocycles. The first-order valence-corrected chi connectivity index (χ1v) is 6.44. The second-order valence-electron chi connectivity index (χ2n) is 5.66. The summed E-state index contributed by atoms with van der Waals surface area (Å²) in [6.07, 6.45) is -4.38. The van der Waals surface area contributed by atoms with Crippen molar-refractivity contribution >= 4 is 11.9 Å². The summed E-state index contributed by atoms with van der Waals surface area (Å²) in [5.41, 5.74) is -1.53. The second-order valence-corrected chi connectivity index (χ2v) is 5.66. The van der Waals surface area contributed by atoms with Gasteiger partial charge in [0.2, 0.25) is 0 Å². The van der Waals surface area contributed by atoms with Gasteiger partial charge in [-0.05, 0) is 18.8 Å². The fourth-order valence-corrected chi connectivity index (χ4v) is 3.66. The molecule has 0 aromatic heterocycles. The monoisotopic (exact) mass is 290 g/mol. The Labute approximate surface area is 112 Å². The molecule has 110 valence electrons. The molecule has 3 aliphatic rings. The number of carbonyl (C=O) groups is 2. The number of hydrogen-bond donors (Lipinski definition) is 0. The highest BCUT2D eigenvalue weighted by Crippen LogP contribution is 2.54. The summed E-state index contributed by atoms with van der Waals surface area (Å²) >= 11 is 0. The Balaban J connectivity index is 1.71. The van der Waals surface area contributed by atoms with E-state index in [-0.39, 0.29) is 23.7 Å². The van der Waals surface area contributed by atoms with Crippen LogP contribution in [0.1, 0.15) is 19.3 Å². The van der Waals surface area contributed by atoms with Crippen molar-refractivity contribution in [3.8, 4) is 0 Å². The van der Waals surface area contributed by atoms with Crippen LogP contribution >= 0.6 is 0 Å². The molecule has 5 unspecified atom stereocenters. The van der Waals surface area contributed by atoms with E-state index in [0.717, 1.165) is 6.42 Å². The van der Waals surface area contributed by atoms with Crippen LogP contribution in [0.3, 0.4) is 0 Å². The van der Waals surface area contributed by atoms with Gasteiger partial charge in [0.25, 0.3) is 0 Å². The normalized spacial score (nSPS) is 38.5. The molecule has 5 atom stereocenters. The molecule has 2 saturated carbocycles. The van der Waals surface area contributed by atoms with Gasteiger partial charge in [0.1, 0.15) is 17.8 Å². The summed E-state index contributed by atoms with van der Waals surface area (Å²) < 4.78 is 47.3. The molecule has 0 amide bonds. The van der Waals surface area contributed by atoms with Crippen LogP contribution < -0.4 is 0 Å². The largest absolute Gasteiger partial charge is 0.458 e. The van der Waals surface area contributed by atoms with Crippen LogP contribution in [0.15, 0.2) is 12.2 Å². The molecule has 0 aromatic rings. The van der Waals surface area contributed by atoms with Crippen molar-refractivity contribution in [1.29, 1.82) is 0 Å². The predicted molar refractivity (Wildman–Crippen MR) is 59.3 cm³/mol. The minimum absolute atomic E-state index is 0.0203. The molecule has 0 N–H and O–H groups in total. The van der Waals surface area contributed by atoms with E-state index < -0.39 is 29.9 Å². The minimum Gasteiger partial charge on any atom is -0.458 e. The van der Waals surface area contributed by atoms with Crippen LogP contribution in [0.5, 0.6) is 0 Å².